The summed E-state index contributed by atoms with van der Waals surface area (Å²) in [5.41, 5.74) is -0.550. The number of aromatic nitrogens is 5. The highest BCUT2D eigenvalue weighted by atomic mass is 19.4. The van der Waals surface area contributed by atoms with E-state index in [2.05, 4.69) is 20.2 Å². The molecule has 3 aromatic rings. The average molecular weight is 417 g/mol. The molecule has 8 nitrogen and oxygen atoms in total. The summed E-state index contributed by atoms with van der Waals surface area (Å²) < 4.78 is 39.8. The number of rotatable bonds is 3. The topological polar surface area (TPSA) is 80.0 Å². The Labute approximate surface area is 170 Å². The molecule has 1 amide bonds. The van der Waals surface area contributed by atoms with Gasteiger partial charge in [0.1, 0.15) is 11.6 Å². The van der Waals surface area contributed by atoms with Gasteiger partial charge in [-0.1, -0.05) is 0 Å². The molecule has 0 saturated carbocycles. The van der Waals surface area contributed by atoms with Crippen LogP contribution in [0.5, 0.6) is 0 Å². The van der Waals surface area contributed by atoms with E-state index in [0.717, 1.165) is 18.1 Å². The molecule has 0 N–H and O–H groups in total. The molecule has 0 bridgehead atoms. The third kappa shape index (κ3) is 3.95. The Bertz CT molecular complexity index is 1020. The number of piperazine rings is 1. The predicted molar refractivity (Wildman–Crippen MR) is 101 cm³/mol. The summed E-state index contributed by atoms with van der Waals surface area (Å²) in [6.07, 6.45) is -0.174. The lowest BCUT2D eigenvalue weighted by molar-refractivity contribution is -0.137. The Balaban J connectivity index is 1.38. The molecule has 1 aliphatic heterocycles. The predicted octanol–water partition coefficient (Wildman–Crippen LogP) is 2.35. The first-order chi connectivity index (χ1) is 14.3. The second-order valence-corrected chi connectivity index (χ2v) is 6.80. The number of amides is 1. The van der Waals surface area contributed by atoms with Gasteiger partial charge in [0.2, 0.25) is 0 Å². The average Bonchev–Trinajstić information content (AvgIpc) is 3.19. The molecular formula is C19H18F3N7O. The van der Waals surface area contributed by atoms with Crippen molar-refractivity contribution in [1.82, 2.24) is 29.6 Å². The summed E-state index contributed by atoms with van der Waals surface area (Å²) in [6.45, 7) is 3.58. The molecule has 4 heterocycles. The maximum Gasteiger partial charge on any atom is 0.417 e. The molecule has 1 saturated heterocycles. The zero-order chi connectivity index (χ0) is 21.3. The van der Waals surface area contributed by atoms with Crippen molar-refractivity contribution in [2.24, 2.45) is 0 Å². The van der Waals surface area contributed by atoms with Crippen molar-refractivity contribution in [3.63, 3.8) is 0 Å². The number of alkyl halides is 3. The molecule has 156 valence electrons. The molecule has 0 spiro atoms. The molecule has 4 rings (SSSR count). The Kier molecular flexibility index (Phi) is 5.10. The summed E-state index contributed by atoms with van der Waals surface area (Å²) in [5, 5.41) is 8.14. The van der Waals surface area contributed by atoms with Crippen molar-refractivity contribution < 1.29 is 18.0 Å². The molecule has 3 aromatic heterocycles. The molecule has 30 heavy (non-hydrogen) atoms. The van der Waals surface area contributed by atoms with Crippen LogP contribution in [0, 0.1) is 6.92 Å². The van der Waals surface area contributed by atoms with Crippen LogP contribution >= 0.6 is 0 Å². The third-order valence-electron chi connectivity index (χ3n) is 4.91. The van der Waals surface area contributed by atoms with E-state index in [1.54, 1.807) is 34.0 Å². The van der Waals surface area contributed by atoms with Gasteiger partial charge >= 0.3 is 6.18 Å². The van der Waals surface area contributed by atoms with E-state index in [1.807, 2.05) is 11.8 Å². The summed E-state index contributed by atoms with van der Waals surface area (Å²) in [6, 6.07) is 5.69. The van der Waals surface area contributed by atoms with E-state index < -0.39 is 11.7 Å². The number of hydrogen-bond donors (Lipinski definition) is 0. The number of carbonyl (C=O) groups excluding carboxylic acids is 1. The minimum atomic E-state index is -4.41. The Morgan fingerprint density at radius 1 is 0.967 bits per heavy atom. The second-order valence-electron chi connectivity index (χ2n) is 6.80. The van der Waals surface area contributed by atoms with Crippen LogP contribution in [0.15, 0.2) is 42.9 Å². The molecule has 0 aromatic carbocycles. The fraction of sp³-hybridized carbons (Fsp3) is 0.316. The summed E-state index contributed by atoms with van der Waals surface area (Å²) in [4.78, 5) is 24.2. The lowest BCUT2D eigenvalue weighted by Crippen LogP contribution is -2.49. The van der Waals surface area contributed by atoms with E-state index in [-0.39, 0.29) is 11.6 Å². The van der Waals surface area contributed by atoms with E-state index in [9.17, 15) is 18.0 Å². The number of halogens is 3. The first-order valence-corrected chi connectivity index (χ1v) is 9.24. The van der Waals surface area contributed by atoms with Crippen LogP contribution < -0.4 is 4.90 Å². The van der Waals surface area contributed by atoms with E-state index in [4.69, 9.17) is 0 Å². The van der Waals surface area contributed by atoms with E-state index in [0.29, 0.717) is 37.8 Å². The number of nitrogens with zero attached hydrogens (tertiary/aromatic N) is 7. The summed E-state index contributed by atoms with van der Waals surface area (Å²) in [7, 11) is 0. The molecular weight excluding hydrogens is 399 g/mol. The van der Waals surface area contributed by atoms with Gasteiger partial charge in [-0.2, -0.15) is 13.2 Å². The van der Waals surface area contributed by atoms with Gasteiger partial charge in [-0.3, -0.25) is 9.36 Å². The van der Waals surface area contributed by atoms with E-state index in [1.165, 1.54) is 6.07 Å². The molecule has 0 unspecified atom stereocenters. The number of aryl methyl sites for hydroxylation is 1. The van der Waals surface area contributed by atoms with Gasteiger partial charge in [-0.25, -0.2) is 9.97 Å². The van der Waals surface area contributed by atoms with Gasteiger partial charge in [-0.15, -0.1) is 10.2 Å². The van der Waals surface area contributed by atoms with Crippen LogP contribution in [0.25, 0.3) is 5.82 Å². The molecule has 0 radical (unpaired) electrons. The maximum atomic E-state index is 12.7. The van der Waals surface area contributed by atoms with Crippen molar-refractivity contribution in [2.45, 2.75) is 13.1 Å². The largest absolute Gasteiger partial charge is 0.417 e. The van der Waals surface area contributed by atoms with Gasteiger partial charge in [0.05, 0.1) is 5.56 Å². The van der Waals surface area contributed by atoms with Gasteiger partial charge in [-0.05, 0) is 31.2 Å². The Morgan fingerprint density at radius 3 is 2.23 bits per heavy atom. The first-order valence-electron chi connectivity index (χ1n) is 9.24. The number of imidazole rings is 1. The van der Waals surface area contributed by atoms with Crippen LogP contribution in [0.4, 0.5) is 19.0 Å². The van der Waals surface area contributed by atoms with Gasteiger partial charge < -0.3 is 9.80 Å². The molecule has 1 fully saturated rings. The number of hydrogen-bond acceptors (Lipinski definition) is 6. The summed E-state index contributed by atoms with van der Waals surface area (Å²) >= 11 is 0. The third-order valence-corrected chi connectivity index (χ3v) is 4.91. The van der Waals surface area contributed by atoms with Crippen molar-refractivity contribution >= 4 is 11.7 Å². The van der Waals surface area contributed by atoms with Crippen molar-refractivity contribution in [3.05, 3.63) is 59.9 Å². The van der Waals surface area contributed by atoms with Crippen LogP contribution in [0.3, 0.4) is 0 Å². The second kappa shape index (κ2) is 7.73. The van der Waals surface area contributed by atoms with Crippen LogP contribution in [0.1, 0.15) is 21.9 Å². The Hall–Kier alpha value is -3.50. The zero-order valence-electron chi connectivity index (χ0n) is 16.0. The maximum absolute atomic E-state index is 12.7. The molecule has 1 aliphatic rings. The SMILES string of the molecule is Cc1nccn1-c1ccc(C(=O)N2CCN(c3ccc(C(F)(F)F)cn3)CC2)nn1. The smallest absolute Gasteiger partial charge is 0.353 e. The van der Waals surface area contributed by atoms with Gasteiger partial charge in [0, 0.05) is 44.8 Å². The van der Waals surface area contributed by atoms with Crippen molar-refractivity contribution in [1.29, 1.82) is 0 Å². The number of carbonyl (C=O) groups is 1. The quantitative estimate of drug-likeness (QED) is 0.651. The van der Waals surface area contributed by atoms with Gasteiger partial charge in [0.15, 0.2) is 11.5 Å². The monoisotopic (exact) mass is 417 g/mol. The lowest BCUT2D eigenvalue weighted by atomic mass is 10.2. The molecule has 0 aliphatic carbocycles. The highest BCUT2D eigenvalue weighted by Crippen LogP contribution is 2.29. The van der Waals surface area contributed by atoms with Crippen LogP contribution in [-0.2, 0) is 6.18 Å². The highest BCUT2D eigenvalue weighted by molar-refractivity contribution is 5.92. The van der Waals surface area contributed by atoms with Gasteiger partial charge in [0.25, 0.3) is 5.91 Å². The molecule has 0 atom stereocenters. The standard InChI is InChI=1S/C19H18F3N7O/c1-13-23-6-7-29(13)17-5-3-15(25-26-17)18(30)28-10-8-27(9-11-28)16-4-2-14(12-24-16)19(20,21)22/h2-7,12H,8-11H2,1H3. The minimum Gasteiger partial charge on any atom is -0.353 e. The van der Waals surface area contributed by atoms with Crippen molar-refractivity contribution in [3.8, 4) is 5.82 Å². The minimum absolute atomic E-state index is 0.234. The van der Waals surface area contributed by atoms with Crippen LogP contribution in [0.2, 0.25) is 0 Å². The van der Waals surface area contributed by atoms with E-state index >= 15 is 0 Å². The summed E-state index contributed by atoms with van der Waals surface area (Å²) in [5.74, 6) is 1.54. The fourth-order valence-electron chi connectivity index (χ4n) is 3.23. The first kappa shape index (κ1) is 19.8. The number of anilines is 1. The van der Waals surface area contributed by atoms with Crippen LogP contribution in [-0.4, -0.2) is 61.7 Å². The fourth-order valence-corrected chi connectivity index (χ4v) is 3.23. The molecule has 11 heteroatoms. The zero-order valence-corrected chi connectivity index (χ0v) is 16.0. The van der Waals surface area contributed by atoms with Crippen molar-refractivity contribution in [2.75, 3.05) is 31.1 Å². The number of pyridine rings is 1. The normalized spacial score (nSPS) is 14.8. The Morgan fingerprint density at radius 2 is 1.70 bits per heavy atom. The lowest BCUT2D eigenvalue weighted by Gasteiger charge is -2.35. The highest BCUT2D eigenvalue weighted by Gasteiger charge is 2.31.